The summed E-state index contributed by atoms with van der Waals surface area (Å²) in [6.45, 7) is 5.95. The van der Waals surface area contributed by atoms with Gasteiger partial charge < -0.3 is 11.1 Å². The lowest BCUT2D eigenvalue weighted by atomic mass is 9.99. The van der Waals surface area contributed by atoms with Crippen LogP contribution in [0.2, 0.25) is 4.34 Å². The maximum Gasteiger partial charge on any atom is 0.237 e. The summed E-state index contributed by atoms with van der Waals surface area (Å²) in [6, 6.07) is 3.26. The van der Waals surface area contributed by atoms with Crippen LogP contribution < -0.4 is 11.1 Å². The second kappa shape index (κ2) is 6.38. The molecular weight excluding hydrogens is 256 g/mol. The van der Waals surface area contributed by atoms with Gasteiger partial charge in [0.25, 0.3) is 0 Å². The Morgan fingerprint density at radius 2 is 2.18 bits per heavy atom. The quantitative estimate of drug-likeness (QED) is 0.867. The molecule has 0 radical (unpaired) electrons. The first kappa shape index (κ1) is 14.5. The molecule has 0 aliphatic carbocycles. The lowest BCUT2D eigenvalue weighted by Gasteiger charge is -2.20. The van der Waals surface area contributed by atoms with Gasteiger partial charge in [-0.05, 0) is 25.0 Å². The fraction of sp³-hybridized carbons (Fsp3) is 0.583. The van der Waals surface area contributed by atoms with Crippen molar-refractivity contribution in [2.45, 2.75) is 39.3 Å². The van der Waals surface area contributed by atoms with E-state index in [1.54, 1.807) is 0 Å². The fourth-order valence-electron chi connectivity index (χ4n) is 1.45. The number of carbonyl (C=O) groups is 1. The first-order chi connectivity index (χ1) is 7.95. The highest BCUT2D eigenvalue weighted by atomic mass is 35.5. The van der Waals surface area contributed by atoms with Gasteiger partial charge >= 0.3 is 0 Å². The van der Waals surface area contributed by atoms with Crippen molar-refractivity contribution < 1.29 is 4.79 Å². The van der Waals surface area contributed by atoms with Crippen LogP contribution in [0.5, 0.6) is 0 Å². The molecule has 96 valence electrons. The van der Waals surface area contributed by atoms with Crippen molar-refractivity contribution in [1.82, 2.24) is 5.32 Å². The summed E-state index contributed by atoms with van der Waals surface area (Å²) in [6.07, 6.45) is 0.897. The Hall–Kier alpha value is -0.580. The monoisotopic (exact) mass is 274 g/mol. The van der Waals surface area contributed by atoms with E-state index in [9.17, 15) is 4.79 Å². The summed E-state index contributed by atoms with van der Waals surface area (Å²) in [5, 5.41) is 2.91. The van der Waals surface area contributed by atoms with Crippen LogP contribution in [0, 0.1) is 5.92 Å². The van der Waals surface area contributed by atoms with Crippen LogP contribution in [-0.2, 0) is 4.79 Å². The fourth-order valence-corrected chi connectivity index (χ4v) is 2.52. The molecule has 0 aliphatic heterocycles. The normalized spacial score (nSPS) is 16.3. The van der Waals surface area contributed by atoms with E-state index in [0.29, 0.717) is 0 Å². The number of halogens is 1. The molecule has 0 saturated heterocycles. The molecule has 3 N–H and O–H groups in total. The number of hydrogen-bond acceptors (Lipinski definition) is 3. The minimum Gasteiger partial charge on any atom is -0.347 e. The molecule has 1 rings (SSSR count). The van der Waals surface area contributed by atoms with Crippen molar-refractivity contribution >= 4 is 28.8 Å². The maximum absolute atomic E-state index is 11.9. The third kappa shape index (κ3) is 3.98. The number of rotatable bonds is 5. The summed E-state index contributed by atoms with van der Waals surface area (Å²) in [5.41, 5.74) is 5.87. The smallest absolute Gasteiger partial charge is 0.237 e. The molecule has 1 amide bonds. The Labute approximate surface area is 111 Å². The van der Waals surface area contributed by atoms with Crippen molar-refractivity contribution in [3.63, 3.8) is 0 Å². The van der Waals surface area contributed by atoms with E-state index in [1.165, 1.54) is 11.3 Å². The van der Waals surface area contributed by atoms with E-state index in [2.05, 4.69) is 5.32 Å². The van der Waals surface area contributed by atoms with Crippen LogP contribution >= 0.6 is 22.9 Å². The molecule has 0 spiro atoms. The van der Waals surface area contributed by atoms with Gasteiger partial charge in [-0.1, -0.05) is 31.9 Å². The van der Waals surface area contributed by atoms with Gasteiger partial charge in [-0.25, -0.2) is 0 Å². The van der Waals surface area contributed by atoms with E-state index < -0.39 is 6.04 Å². The third-order valence-electron chi connectivity index (χ3n) is 2.94. The van der Waals surface area contributed by atoms with Crippen LogP contribution in [0.15, 0.2) is 12.1 Å². The minimum atomic E-state index is -0.446. The van der Waals surface area contributed by atoms with Crippen molar-refractivity contribution in [1.29, 1.82) is 0 Å². The number of nitrogens with two attached hydrogens (primary N) is 1. The van der Waals surface area contributed by atoms with E-state index >= 15 is 0 Å². The molecule has 17 heavy (non-hydrogen) atoms. The van der Waals surface area contributed by atoms with Crippen LogP contribution in [-0.4, -0.2) is 11.9 Å². The SMILES string of the molecule is CCC(C)[C@H](N)C(=O)NC(C)c1ccc(Cl)s1. The van der Waals surface area contributed by atoms with Gasteiger partial charge in [0, 0.05) is 4.88 Å². The average molecular weight is 275 g/mol. The third-order valence-corrected chi connectivity index (χ3v) is 4.35. The van der Waals surface area contributed by atoms with Crippen molar-refractivity contribution in [2.75, 3.05) is 0 Å². The van der Waals surface area contributed by atoms with E-state index in [0.717, 1.165) is 15.6 Å². The predicted octanol–water partition coefficient (Wildman–Crippen LogP) is 2.95. The number of amides is 1. The first-order valence-electron chi connectivity index (χ1n) is 5.76. The first-order valence-corrected chi connectivity index (χ1v) is 6.96. The van der Waals surface area contributed by atoms with Crippen molar-refractivity contribution in [2.24, 2.45) is 11.7 Å². The zero-order valence-corrected chi connectivity index (χ0v) is 11.9. The topological polar surface area (TPSA) is 55.1 Å². The molecule has 0 saturated carbocycles. The molecule has 1 heterocycles. The lowest BCUT2D eigenvalue weighted by Crippen LogP contribution is -2.45. The maximum atomic E-state index is 11.9. The number of carbonyl (C=O) groups excluding carboxylic acids is 1. The number of nitrogens with one attached hydrogen (secondary N) is 1. The van der Waals surface area contributed by atoms with E-state index in [-0.39, 0.29) is 17.9 Å². The summed E-state index contributed by atoms with van der Waals surface area (Å²) in [4.78, 5) is 12.9. The van der Waals surface area contributed by atoms with Crippen LogP contribution in [0.4, 0.5) is 0 Å². The second-order valence-corrected chi connectivity index (χ2v) is 6.03. The Bertz CT molecular complexity index is 380. The zero-order valence-electron chi connectivity index (χ0n) is 10.4. The second-order valence-electron chi connectivity index (χ2n) is 4.28. The molecular formula is C12H19ClN2OS. The molecule has 0 fully saturated rings. The Morgan fingerprint density at radius 3 is 2.65 bits per heavy atom. The predicted molar refractivity (Wildman–Crippen MR) is 73.3 cm³/mol. The van der Waals surface area contributed by atoms with Gasteiger partial charge in [-0.15, -0.1) is 11.3 Å². The van der Waals surface area contributed by atoms with Gasteiger partial charge in [0.05, 0.1) is 16.4 Å². The molecule has 0 aliphatic rings. The summed E-state index contributed by atoms with van der Waals surface area (Å²) in [5.74, 6) is 0.0884. The van der Waals surface area contributed by atoms with Crippen LogP contribution in [0.25, 0.3) is 0 Å². The zero-order chi connectivity index (χ0) is 13.0. The summed E-state index contributed by atoms with van der Waals surface area (Å²) >= 11 is 7.33. The molecule has 0 aromatic carbocycles. The van der Waals surface area contributed by atoms with Gasteiger partial charge in [0.15, 0.2) is 0 Å². The molecule has 2 unspecified atom stereocenters. The van der Waals surface area contributed by atoms with Crippen LogP contribution in [0.3, 0.4) is 0 Å². The average Bonchev–Trinajstić information content (AvgIpc) is 2.73. The Balaban J connectivity index is 2.57. The molecule has 1 aromatic rings. The van der Waals surface area contributed by atoms with E-state index in [4.69, 9.17) is 17.3 Å². The van der Waals surface area contributed by atoms with Crippen molar-refractivity contribution in [3.05, 3.63) is 21.3 Å². The Morgan fingerprint density at radius 1 is 1.53 bits per heavy atom. The van der Waals surface area contributed by atoms with E-state index in [1.807, 2.05) is 32.9 Å². The largest absolute Gasteiger partial charge is 0.347 e. The van der Waals surface area contributed by atoms with Gasteiger partial charge in [0.1, 0.15) is 0 Å². The number of hydrogen-bond donors (Lipinski definition) is 2. The summed E-state index contributed by atoms with van der Waals surface area (Å²) in [7, 11) is 0. The molecule has 3 atom stereocenters. The van der Waals surface area contributed by atoms with Crippen LogP contribution in [0.1, 0.15) is 38.1 Å². The standard InChI is InChI=1S/C12H19ClN2OS/c1-4-7(2)11(14)12(16)15-8(3)9-5-6-10(13)17-9/h5-8,11H,4,14H2,1-3H3,(H,15,16)/t7?,8?,11-/m0/s1. The van der Waals surface area contributed by atoms with Gasteiger partial charge in [-0.2, -0.15) is 0 Å². The lowest BCUT2D eigenvalue weighted by molar-refractivity contribution is -0.124. The minimum absolute atomic E-state index is 0.0462. The molecule has 5 heteroatoms. The van der Waals surface area contributed by atoms with Gasteiger partial charge in [0.2, 0.25) is 5.91 Å². The molecule has 3 nitrogen and oxygen atoms in total. The Kier molecular flexibility index (Phi) is 5.43. The number of thiophene rings is 1. The highest BCUT2D eigenvalue weighted by Crippen LogP contribution is 2.26. The highest BCUT2D eigenvalue weighted by molar-refractivity contribution is 7.16. The molecule has 1 aromatic heterocycles. The highest BCUT2D eigenvalue weighted by Gasteiger charge is 2.21. The van der Waals surface area contributed by atoms with Crippen molar-refractivity contribution in [3.8, 4) is 0 Å². The summed E-state index contributed by atoms with van der Waals surface area (Å²) < 4.78 is 0.729. The van der Waals surface area contributed by atoms with Gasteiger partial charge in [-0.3, -0.25) is 4.79 Å². The molecule has 0 bridgehead atoms.